The van der Waals surface area contributed by atoms with E-state index in [1.807, 2.05) is 31.2 Å². The number of nitrogens with two attached hydrogens (primary N) is 1. The summed E-state index contributed by atoms with van der Waals surface area (Å²) in [5.74, 6) is 0.719. The third kappa shape index (κ3) is 2.91. The molecule has 0 aliphatic heterocycles. The Kier molecular flexibility index (Phi) is 3.39. The van der Waals surface area contributed by atoms with E-state index in [4.69, 9.17) is 10.2 Å². The van der Waals surface area contributed by atoms with Gasteiger partial charge in [0.15, 0.2) is 0 Å². The van der Waals surface area contributed by atoms with Gasteiger partial charge in [-0.25, -0.2) is 0 Å². The molecule has 4 N–H and O–H groups in total. The van der Waals surface area contributed by atoms with Gasteiger partial charge < -0.3 is 20.5 Å². The van der Waals surface area contributed by atoms with Gasteiger partial charge in [0, 0.05) is 29.1 Å². The van der Waals surface area contributed by atoms with Crippen molar-refractivity contribution in [2.45, 2.75) is 19.4 Å². The van der Waals surface area contributed by atoms with Gasteiger partial charge in [0.2, 0.25) is 0 Å². The first-order valence-corrected chi connectivity index (χ1v) is 6.83. The van der Waals surface area contributed by atoms with Crippen molar-refractivity contribution in [2.75, 3.05) is 5.73 Å². The minimum absolute atomic E-state index is 0.0138. The lowest BCUT2D eigenvalue weighted by atomic mass is 10.2. The molecule has 3 rings (SSSR count). The summed E-state index contributed by atoms with van der Waals surface area (Å²) in [6, 6.07) is 11.0. The first kappa shape index (κ1) is 13.3. The molecule has 0 saturated carbocycles. The minimum Gasteiger partial charge on any atom is -0.469 e. The number of nitrogen functional groups attached to an aromatic ring is 1. The second kappa shape index (κ2) is 5.36. The molecule has 108 valence electrons. The normalized spacial score (nSPS) is 12.4. The van der Waals surface area contributed by atoms with E-state index < -0.39 is 0 Å². The van der Waals surface area contributed by atoms with Crippen LogP contribution < -0.4 is 11.1 Å². The van der Waals surface area contributed by atoms with Crippen molar-refractivity contribution in [3.63, 3.8) is 0 Å². The fourth-order valence-corrected chi connectivity index (χ4v) is 2.36. The van der Waals surface area contributed by atoms with Crippen LogP contribution in [-0.4, -0.2) is 16.9 Å². The van der Waals surface area contributed by atoms with Gasteiger partial charge in [-0.1, -0.05) is 0 Å². The topological polar surface area (TPSA) is 84.1 Å². The van der Waals surface area contributed by atoms with Crippen molar-refractivity contribution < 1.29 is 9.21 Å². The Hall–Kier alpha value is -2.69. The van der Waals surface area contributed by atoms with Crippen LogP contribution >= 0.6 is 0 Å². The van der Waals surface area contributed by atoms with Gasteiger partial charge in [0.25, 0.3) is 5.91 Å². The van der Waals surface area contributed by atoms with Gasteiger partial charge >= 0.3 is 0 Å². The lowest BCUT2D eigenvalue weighted by Gasteiger charge is -2.11. The highest BCUT2D eigenvalue weighted by molar-refractivity contribution is 5.98. The Bertz CT molecular complexity index is 759. The van der Waals surface area contributed by atoms with Crippen molar-refractivity contribution in [1.29, 1.82) is 0 Å². The summed E-state index contributed by atoms with van der Waals surface area (Å²) in [5.41, 5.74) is 7.85. The molecule has 0 spiro atoms. The maximum absolute atomic E-state index is 12.2. The van der Waals surface area contributed by atoms with Crippen LogP contribution in [0.1, 0.15) is 23.2 Å². The average molecular weight is 283 g/mol. The molecule has 0 aliphatic rings. The van der Waals surface area contributed by atoms with Crippen LogP contribution in [0.2, 0.25) is 0 Å². The zero-order valence-corrected chi connectivity index (χ0v) is 11.7. The Morgan fingerprint density at radius 3 is 3.00 bits per heavy atom. The third-order valence-corrected chi connectivity index (χ3v) is 3.35. The first-order valence-electron chi connectivity index (χ1n) is 6.83. The van der Waals surface area contributed by atoms with Crippen molar-refractivity contribution in [2.24, 2.45) is 0 Å². The molecule has 2 aromatic heterocycles. The van der Waals surface area contributed by atoms with Gasteiger partial charge in [-0.05, 0) is 43.3 Å². The van der Waals surface area contributed by atoms with Gasteiger partial charge in [0.1, 0.15) is 11.5 Å². The van der Waals surface area contributed by atoms with Crippen LogP contribution in [-0.2, 0) is 6.42 Å². The number of carbonyl (C=O) groups is 1. The number of rotatable bonds is 4. The summed E-state index contributed by atoms with van der Waals surface area (Å²) in [7, 11) is 0. The minimum atomic E-state index is -0.135. The number of carbonyl (C=O) groups excluding carboxylic acids is 1. The standard InChI is InChI=1S/C16H17N3O2/c1-10(7-13-3-2-6-21-13)18-16(20)15-9-11-8-12(17)4-5-14(11)19-15/h2-6,8-10,19H,7,17H2,1H3,(H,18,20). The Morgan fingerprint density at radius 2 is 2.24 bits per heavy atom. The van der Waals surface area contributed by atoms with Crippen LogP contribution in [0, 0.1) is 0 Å². The molecular weight excluding hydrogens is 266 g/mol. The zero-order valence-electron chi connectivity index (χ0n) is 11.7. The number of fused-ring (bicyclic) bond motifs is 1. The molecule has 1 unspecified atom stereocenters. The van der Waals surface area contributed by atoms with Crippen molar-refractivity contribution in [1.82, 2.24) is 10.3 Å². The smallest absolute Gasteiger partial charge is 0.267 e. The summed E-state index contributed by atoms with van der Waals surface area (Å²) in [6.07, 6.45) is 2.29. The second-order valence-electron chi connectivity index (χ2n) is 5.19. The highest BCUT2D eigenvalue weighted by atomic mass is 16.3. The summed E-state index contributed by atoms with van der Waals surface area (Å²) >= 11 is 0. The molecule has 1 atom stereocenters. The first-order chi connectivity index (χ1) is 10.1. The van der Waals surface area contributed by atoms with E-state index in [1.165, 1.54) is 0 Å². The van der Waals surface area contributed by atoms with Gasteiger partial charge in [-0.3, -0.25) is 4.79 Å². The highest BCUT2D eigenvalue weighted by Crippen LogP contribution is 2.18. The number of hydrogen-bond donors (Lipinski definition) is 3. The number of hydrogen-bond acceptors (Lipinski definition) is 3. The average Bonchev–Trinajstić information content (AvgIpc) is 3.06. The van der Waals surface area contributed by atoms with E-state index in [-0.39, 0.29) is 11.9 Å². The quantitative estimate of drug-likeness (QED) is 0.644. The third-order valence-electron chi connectivity index (χ3n) is 3.35. The van der Waals surface area contributed by atoms with Gasteiger partial charge in [0.05, 0.1) is 6.26 Å². The number of anilines is 1. The number of H-pyrrole nitrogens is 1. The molecule has 5 nitrogen and oxygen atoms in total. The Balaban J connectivity index is 1.71. The maximum atomic E-state index is 12.2. The van der Waals surface area contributed by atoms with E-state index in [2.05, 4.69) is 10.3 Å². The van der Waals surface area contributed by atoms with Crippen LogP contribution in [0.5, 0.6) is 0 Å². The molecule has 0 saturated heterocycles. The summed E-state index contributed by atoms with van der Waals surface area (Å²) in [5, 5.41) is 3.88. The Labute approximate surface area is 122 Å². The maximum Gasteiger partial charge on any atom is 0.267 e. The molecule has 5 heteroatoms. The fraction of sp³-hybridized carbons (Fsp3) is 0.188. The lowest BCUT2D eigenvalue weighted by molar-refractivity contribution is 0.0935. The molecule has 21 heavy (non-hydrogen) atoms. The molecule has 0 radical (unpaired) electrons. The number of nitrogens with one attached hydrogen (secondary N) is 2. The van der Waals surface area contributed by atoms with Crippen LogP contribution in [0.3, 0.4) is 0 Å². The number of aromatic nitrogens is 1. The molecule has 3 aromatic rings. The number of amides is 1. The second-order valence-corrected chi connectivity index (χ2v) is 5.19. The van der Waals surface area contributed by atoms with Crippen LogP contribution in [0.25, 0.3) is 10.9 Å². The number of benzene rings is 1. The molecule has 0 bridgehead atoms. The van der Waals surface area contributed by atoms with Crippen molar-refractivity contribution in [3.8, 4) is 0 Å². The fourth-order valence-electron chi connectivity index (χ4n) is 2.36. The van der Waals surface area contributed by atoms with E-state index in [0.717, 1.165) is 16.7 Å². The molecule has 1 amide bonds. The largest absolute Gasteiger partial charge is 0.469 e. The molecule has 1 aromatic carbocycles. The van der Waals surface area contributed by atoms with E-state index in [0.29, 0.717) is 17.8 Å². The molecule has 2 heterocycles. The van der Waals surface area contributed by atoms with Gasteiger partial charge in [-0.15, -0.1) is 0 Å². The van der Waals surface area contributed by atoms with Crippen molar-refractivity contribution >= 4 is 22.5 Å². The van der Waals surface area contributed by atoms with Gasteiger partial charge in [-0.2, -0.15) is 0 Å². The van der Waals surface area contributed by atoms with E-state index >= 15 is 0 Å². The SMILES string of the molecule is CC(Cc1ccco1)NC(=O)c1cc2cc(N)ccc2[nH]1. The summed E-state index contributed by atoms with van der Waals surface area (Å²) < 4.78 is 5.28. The predicted octanol–water partition coefficient (Wildman–Crippen LogP) is 2.70. The summed E-state index contributed by atoms with van der Waals surface area (Å²) in [6.45, 7) is 1.95. The Morgan fingerprint density at radius 1 is 1.38 bits per heavy atom. The predicted molar refractivity (Wildman–Crippen MR) is 82.1 cm³/mol. The van der Waals surface area contributed by atoms with Crippen LogP contribution in [0.15, 0.2) is 47.1 Å². The summed E-state index contributed by atoms with van der Waals surface area (Å²) in [4.78, 5) is 15.3. The van der Waals surface area contributed by atoms with E-state index in [9.17, 15) is 4.79 Å². The highest BCUT2D eigenvalue weighted by Gasteiger charge is 2.13. The van der Waals surface area contributed by atoms with Crippen molar-refractivity contribution in [3.05, 3.63) is 54.1 Å². The molecular formula is C16H17N3O2. The molecule has 0 aliphatic carbocycles. The van der Waals surface area contributed by atoms with E-state index in [1.54, 1.807) is 18.4 Å². The van der Waals surface area contributed by atoms with Crippen LogP contribution in [0.4, 0.5) is 5.69 Å². The zero-order chi connectivity index (χ0) is 14.8. The molecule has 0 fully saturated rings. The number of furan rings is 1. The monoisotopic (exact) mass is 283 g/mol. The lowest BCUT2D eigenvalue weighted by Crippen LogP contribution is -2.34. The number of aromatic amines is 1.